The van der Waals surface area contributed by atoms with Crippen molar-refractivity contribution in [3.63, 3.8) is 0 Å². The lowest BCUT2D eigenvalue weighted by molar-refractivity contribution is 0.224. The van der Waals surface area contributed by atoms with Crippen LogP contribution in [-0.2, 0) is 0 Å². The van der Waals surface area contributed by atoms with Crippen LogP contribution in [-0.4, -0.2) is 5.11 Å². The molecular formula is C11H10ClNOS. The van der Waals surface area contributed by atoms with E-state index in [1.165, 1.54) is 11.3 Å². The summed E-state index contributed by atoms with van der Waals surface area (Å²) in [6.45, 7) is 0. The van der Waals surface area contributed by atoms with Crippen LogP contribution in [0, 0.1) is 0 Å². The van der Waals surface area contributed by atoms with Gasteiger partial charge in [-0.2, -0.15) is 0 Å². The third-order valence-corrected chi connectivity index (χ3v) is 3.37. The highest BCUT2D eigenvalue weighted by molar-refractivity contribution is 7.16. The maximum Gasteiger partial charge on any atom is 0.113 e. The van der Waals surface area contributed by atoms with Crippen molar-refractivity contribution in [2.24, 2.45) is 0 Å². The van der Waals surface area contributed by atoms with Crippen molar-refractivity contribution < 1.29 is 5.11 Å². The monoisotopic (exact) mass is 239 g/mol. The Morgan fingerprint density at radius 1 is 1.27 bits per heavy atom. The molecular weight excluding hydrogens is 230 g/mol. The van der Waals surface area contributed by atoms with Crippen LogP contribution in [0.3, 0.4) is 0 Å². The average molecular weight is 240 g/mol. The van der Waals surface area contributed by atoms with E-state index in [-0.39, 0.29) is 0 Å². The zero-order chi connectivity index (χ0) is 10.8. The van der Waals surface area contributed by atoms with Gasteiger partial charge < -0.3 is 10.8 Å². The predicted octanol–water partition coefficient (Wildman–Crippen LogP) is 3.07. The molecule has 3 N–H and O–H groups in total. The van der Waals surface area contributed by atoms with Gasteiger partial charge in [0.1, 0.15) is 6.10 Å². The number of aliphatic hydroxyl groups is 1. The van der Waals surface area contributed by atoms with Gasteiger partial charge in [-0.25, -0.2) is 0 Å². The maximum atomic E-state index is 10.0. The maximum absolute atomic E-state index is 10.0. The van der Waals surface area contributed by atoms with Crippen LogP contribution in [0.25, 0.3) is 0 Å². The van der Waals surface area contributed by atoms with Crippen LogP contribution >= 0.6 is 22.9 Å². The number of anilines is 1. The first-order valence-electron chi connectivity index (χ1n) is 4.45. The molecule has 0 saturated heterocycles. The highest BCUT2D eigenvalue weighted by atomic mass is 35.5. The highest BCUT2D eigenvalue weighted by Gasteiger charge is 2.12. The van der Waals surface area contributed by atoms with E-state index in [0.29, 0.717) is 10.0 Å². The minimum atomic E-state index is -0.647. The van der Waals surface area contributed by atoms with E-state index in [2.05, 4.69) is 0 Å². The topological polar surface area (TPSA) is 46.2 Å². The lowest BCUT2D eigenvalue weighted by Gasteiger charge is -2.08. The minimum absolute atomic E-state index is 0.647. The number of benzene rings is 1. The second kappa shape index (κ2) is 4.23. The summed E-state index contributed by atoms with van der Waals surface area (Å²) in [5, 5.41) is 10.0. The molecule has 0 aliphatic rings. The fraction of sp³-hybridized carbons (Fsp3) is 0.0909. The molecule has 2 rings (SSSR count). The van der Waals surface area contributed by atoms with E-state index in [0.717, 1.165) is 10.4 Å². The number of thiophene rings is 1. The molecule has 78 valence electrons. The van der Waals surface area contributed by atoms with Gasteiger partial charge in [-0.1, -0.05) is 23.7 Å². The molecule has 0 fully saturated rings. The van der Waals surface area contributed by atoms with Crippen LogP contribution in [0.4, 0.5) is 5.69 Å². The van der Waals surface area contributed by atoms with Crippen molar-refractivity contribution in [2.45, 2.75) is 6.10 Å². The lowest BCUT2D eigenvalue weighted by atomic mass is 10.1. The first-order chi connectivity index (χ1) is 7.16. The van der Waals surface area contributed by atoms with Crippen molar-refractivity contribution in [1.82, 2.24) is 0 Å². The Kier molecular flexibility index (Phi) is 2.95. The largest absolute Gasteiger partial charge is 0.399 e. The standard InChI is InChI=1S/C11H10ClNOS/c12-10-5-4-9(15-10)11(14)7-2-1-3-8(13)6-7/h1-6,11,14H,13H2. The Morgan fingerprint density at radius 2 is 2.07 bits per heavy atom. The zero-order valence-electron chi connectivity index (χ0n) is 7.85. The van der Waals surface area contributed by atoms with Gasteiger partial charge in [0, 0.05) is 10.6 Å². The van der Waals surface area contributed by atoms with Crippen LogP contribution in [0.5, 0.6) is 0 Å². The molecule has 0 amide bonds. The molecule has 0 saturated carbocycles. The SMILES string of the molecule is Nc1cccc(C(O)c2ccc(Cl)s2)c1. The van der Waals surface area contributed by atoms with E-state index >= 15 is 0 Å². The van der Waals surface area contributed by atoms with Crippen molar-refractivity contribution in [2.75, 3.05) is 5.73 Å². The Bertz CT molecular complexity index is 469. The third kappa shape index (κ3) is 2.31. The molecule has 1 atom stereocenters. The highest BCUT2D eigenvalue weighted by Crippen LogP contribution is 2.31. The summed E-state index contributed by atoms with van der Waals surface area (Å²) in [5.41, 5.74) is 7.08. The summed E-state index contributed by atoms with van der Waals surface area (Å²) in [6.07, 6.45) is -0.647. The predicted molar refractivity (Wildman–Crippen MR) is 64.2 cm³/mol. The number of nitrogens with two attached hydrogens (primary N) is 1. The van der Waals surface area contributed by atoms with E-state index in [1.54, 1.807) is 18.2 Å². The van der Waals surface area contributed by atoms with Gasteiger partial charge in [0.25, 0.3) is 0 Å². The normalized spacial score (nSPS) is 12.7. The van der Waals surface area contributed by atoms with Crippen LogP contribution in [0.1, 0.15) is 16.5 Å². The minimum Gasteiger partial charge on any atom is -0.399 e. The second-order valence-electron chi connectivity index (χ2n) is 3.21. The molecule has 0 radical (unpaired) electrons. The van der Waals surface area contributed by atoms with Crippen molar-refractivity contribution in [1.29, 1.82) is 0 Å². The van der Waals surface area contributed by atoms with Crippen LogP contribution < -0.4 is 5.73 Å². The number of nitrogen functional groups attached to an aromatic ring is 1. The van der Waals surface area contributed by atoms with Gasteiger partial charge in [0.15, 0.2) is 0 Å². The van der Waals surface area contributed by atoms with Gasteiger partial charge >= 0.3 is 0 Å². The van der Waals surface area contributed by atoms with E-state index < -0.39 is 6.10 Å². The number of hydrogen-bond donors (Lipinski definition) is 2. The fourth-order valence-electron chi connectivity index (χ4n) is 1.37. The molecule has 1 aromatic carbocycles. The Morgan fingerprint density at radius 3 is 2.67 bits per heavy atom. The van der Waals surface area contributed by atoms with Crippen LogP contribution in [0.2, 0.25) is 4.34 Å². The molecule has 0 bridgehead atoms. The van der Waals surface area contributed by atoms with Gasteiger partial charge in [0.05, 0.1) is 4.34 Å². The van der Waals surface area contributed by atoms with Gasteiger partial charge in [-0.3, -0.25) is 0 Å². The summed E-state index contributed by atoms with van der Waals surface area (Å²) < 4.78 is 0.674. The van der Waals surface area contributed by atoms with E-state index in [9.17, 15) is 5.11 Å². The van der Waals surface area contributed by atoms with Crippen molar-refractivity contribution in [3.8, 4) is 0 Å². The first-order valence-corrected chi connectivity index (χ1v) is 5.65. The molecule has 2 nitrogen and oxygen atoms in total. The fourth-order valence-corrected chi connectivity index (χ4v) is 2.44. The number of rotatable bonds is 2. The summed E-state index contributed by atoms with van der Waals surface area (Å²) >= 11 is 7.18. The van der Waals surface area contributed by atoms with Gasteiger partial charge in [-0.05, 0) is 29.8 Å². The molecule has 2 aromatic rings. The Balaban J connectivity index is 2.32. The lowest BCUT2D eigenvalue weighted by Crippen LogP contribution is -1.97. The van der Waals surface area contributed by atoms with E-state index in [1.807, 2.05) is 18.2 Å². The van der Waals surface area contributed by atoms with E-state index in [4.69, 9.17) is 17.3 Å². The summed E-state index contributed by atoms with van der Waals surface area (Å²) in [5.74, 6) is 0. The number of aliphatic hydroxyl groups excluding tert-OH is 1. The van der Waals surface area contributed by atoms with Gasteiger partial charge in [0.2, 0.25) is 0 Å². The molecule has 0 aliphatic carbocycles. The summed E-state index contributed by atoms with van der Waals surface area (Å²) in [4.78, 5) is 0.825. The second-order valence-corrected chi connectivity index (χ2v) is 4.96. The molecule has 1 aromatic heterocycles. The first kappa shape index (κ1) is 10.5. The zero-order valence-corrected chi connectivity index (χ0v) is 9.42. The van der Waals surface area contributed by atoms with Crippen LogP contribution in [0.15, 0.2) is 36.4 Å². The molecule has 4 heteroatoms. The summed E-state index contributed by atoms with van der Waals surface area (Å²) in [6, 6.07) is 10.8. The van der Waals surface area contributed by atoms with Gasteiger partial charge in [-0.15, -0.1) is 11.3 Å². The quantitative estimate of drug-likeness (QED) is 0.792. The Labute approximate surface area is 96.9 Å². The molecule has 15 heavy (non-hydrogen) atoms. The number of hydrogen-bond acceptors (Lipinski definition) is 3. The average Bonchev–Trinajstić information content (AvgIpc) is 2.64. The Hall–Kier alpha value is -1.03. The number of halogens is 1. The molecule has 0 spiro atoms. The summed E-state index contributed by atoms with van der Waals surface area (Å²) in [7, 11) is 0. The smallest absolute Gasteiger partial charge is 0.113 e. The van der Waals surface area contributed by atoms with Crippen molar-refractivity contribution in [3.05, 3.63) is 51.2 Å². The molecule has 0 aliphatic heterocycles. The molecule has 1 heterocycles. The molecule has 1 unspecified atom stereocenters. The third-order valence-electron chi connectivity index (χ3n) is 2.09. The van der Waals surface area contributed by atoms with Crippen molar-refractivity contribution >= 4 is 28.6 Å².